The van der Waals surface area contributed by atoms with Crippen LogP contribution in [0.4, 0.5) is 0 Å². The summed E-state index contributed by atoms with van der Waals surface area (Å²) in [7, 11) is 0. The Morgan fingerprint density at radius 3 is 3.08 bits per heavy atom. The number of likely N-dealkylation sites (tertiary alicyclic amines) is 1. The smallest absolute Gasteiger partial charge is 0.223 e. The summed E-state index contributed by atoms with van der Waals surface area (Å²) in [6.07, 6.45) is 6.63. The average Bonchev–Trinajstić information content (AvgIpc) is 3.16. The molecule has 0 spiro atoms. The minimum atomic E-state index is 0.168. The van der Waals surface area contributed by atoms with Gasteiger partial charge in [0.05, 0.1) is 12.6 Å². The lowest BCUT2D eigenvalue weighted by molar-refractivity contribution is -0.135. The van der Waals surface area contributed by atoms with Gasteiger partial charge in [0.1, 0.15) is 10.8 Å². The Kier molecular flexibility index (Phi) is 4.52. The Bertz CT molecular complexity index is 701. The third-order valence-electron chi connectivity index (χ3n) is 5.06. The number of piperidine rings is 1. The molecule has 4 nitrogen and oxygen atoms in total. The Hall–Kier alpha value is -1.88. The summed E-state index contributed by atoms with van der Waals surface area (Å²) in [6, 6.07) is 8.30. The molecule has 126 valence electrons. The third kappa shape index (κ3) is 3.05. The summed E-state index contributed by atoms with van der Waals surface area (Å²) in [4.78, 5) is 19.6. The number of fused-ring (bicyclic) bond motifs is 1. The average molecular weight is 342 g/mol. The molecule has 2 atom stereocenters. The monoisotopic (exact) mass is 342 g/mol. The van der Waals surface area contributed by atoms with Crippen molar-refractivity contribution in [2.75, 3.05) is 13.2 Å². The van der Waals surface area contributed by atoms with Crippen LogP contribution >= 0.6 is 11.3 Å². The molecule has 2 aromatic rings. The van der Waals surface area contributed by atoms with E-state index >= 15 is 0 Å². The molecule has 0 saturated carbocycles. The van der Waals surface area contributed by atoms with Crippen molar-refractivity contribution in [1.29, 1.82) is 0 Å². The maximum absolute atomic E-state index is 13.0. The fourth-order valence-corrected chi connectivity index (χ4v) is 4.63. The van der Waals surface area contributed by atoms with Gasteiger partial charge in [0, 0.05) is 24.5 Å². The molecule has 3 heterocycles. The summed E-state index contributed by atoms with van der Waals surface area (Å²) in [5.41, 5.74) is 1.18. The van der Waals surface area contributed by atoms with E-state index in [1.807, 2.05) is 29.8 Å². The van der Waals surface area contributed by atoms with Crippen LogP contribution in [0, 0.1) is 0 Å². The van der Waals surface area contributed by atoms with Crippen LogP contribution < -0.4 is 4.74 Å². The van der Waals surface area contributed by atoms with E-state index in [0.717, 1.165) is 36.6 Å². The lowest BCUT2D eigenvalue weighted by Gasteiger charge is -2.36. The second kappa shape index (κ2) is 6.93. The molecule has 24 heavy (non-hydrogen) atoms. The first-order valence-corrected chi connectivity index (χ1v) is 9.61. The fourth-order valence-electron chi connectivity index (χ4n) is 3.84. The standard InChI is InChI=1S/C19H22N2O2S/c22-18(13-14-8-11-23-17-7-2-1-5-15(14)17)21-10-4-3-6-16(21)19-20-9-12-24-19/h1-2,5,7,9,12,14,16H,3-4,6,8,10-11,13H2/t14-,16+/m1/s1. The van der Waals surface area contributed by atoms with Gasteiger partial charge in [-0.2, -0.15) is 0 Å². The number of hydrogen-bond acceptors (Lipinski definition) is 4. The molecule has 1 amide bonds. The molecule has 1 saturated heterocycles. The van der Waals surface area contributed by atoms with Crippen LogP contribution in [-0.4, -0.2) is 28.9 Å². The van der Waals surface area contributed by atoms with E-state index in [-0.39, 0.29) is 17.9 Å². The zero-order chi connectivity index (χ0) is 16.4. The van der Waals surface area contributed by atoms with Crippen molar-refractivity contribution in [2.45, 2.75) is 44.1 Å². The summed E-state index contributed by atoms with van der Waals surface area (Å²) in [6.45, 7) is 1.55. The lowest BCUT2D eigenvalue weighted by Crippen LogP contribution is -2.39. The molecule has 2 aliphatic heterocycles. The van der Waals surface area contributed by atoms with E-state index in [1.54, 1.807) is 11.3 Å². The van der Waals surface area contributed by atoms with Crippen molar-refractivity contribution < 1.29 is 9.53 Å². The van der Waals surface area contributed by atoms with E-state index in [0.29, 0.717) is 13.0 Å². The lowest BCUT2D eigenvalue weighted by atomic mass is 9.89. The normalized spacial score (nSPS) is 23.4. The molecule has 1 fully saturated rings. The molecular formula is C19H22N2O2S. The van der Waals surface area contributed by atoms with Gasteiger partial charge in [-0.15, -0.1) is 11.3 Å². The molecule has 4 rings (SSSR count). The van der Waals surface area contributed by atoms with Crippen LogP contribution in [0.25, 0.3) is 0 Å². The van der Waals surface area contributed by atoms with Gasteiger partial charge in [0.25, 0.3) is 0 Å². The maximum Gasteiger partial charge on any atom is 0.223 e. The van der Waals surface area contributed by atoms with Gasteiger partial charge >= 0.3 is 0 Å². The number of aromatic nitrogens is 1. The quantitative estimate of drug-likeness (QED) is 0.841. The Morgan fingerprint density at radius 2 is 2.21 bits per heavy atom. The zero-order valence-corrected chi connectivity index (χ0v) is 14.5. The SMILES string of the molecule is O=C(C[C@H]1CCOc2ccccc21)N1CCCC[C@H]1c1nccs1. The number of carbonyl (C=O) groups excluding carboxylic acids is 1. The van der Waals surface area contributed by atoms with Crippen molar-refractivity contribution in [3.8, 4) is 5.75 Å². The van der Waals surface area contributed by atoms with Gasteiger partial charge in [-0.1, -0.05) is 18.2 Å². The van der Waals surface area contributed by atoms with Gasteiger partial charge in [0.15, 0.2) is 0 Å². The zero-order valence-electron chi connectivity index (χ0n) is 13.7. The van der Waals surface area contributed by atoms with Crippen molar-refractivity contribution in [3.63, 3.8) is 0 Å². The first kappa shape index (κ1) is 15.6. The van der Waals surface area contributed by atoms with Crippen LogP contribution in [0.15, 0.2) is 35.8 Å². The van der Waals surface area contributed by atoms with E-state index in [2.05, 4.69) is 16.0 Å². The number of amides is 1. The van der Waals surface area contributed by atoms with Crippen LogP contribution in [0.1, 0.15) is 54.6 Å². The van der Waals surface area contributed by atoms with E-state index in [1.165, 1.54) is 12.0 Å². The van der Waals surface area contributed by atoms with Gasteiger partial charge in [-0.05, 0) is 43.2 Å². The topological polar surface area (TPSA) is 42.4 Å². The van der Waals surface area contributed by atoms with Crippen LogP contribution in [-0.2, 0) is 4.79 Å². The number of benzene rings is 1. The molecular weight excluding hydrogens is 320 g/mol. The van der Waals surface area contributed by atoms with Crippen molar-refractivity contribution >= 4 is 17.2 Å². The number of para-hydroxylation sites is 1. The number of rotatable bonds is 3. The molecule has 2 aliphatic rings. The van der Waals surface area contributed by atoms with Crippen LogP contribution in [0.2, 0.25) is 0 Å². The largest absolute Gasteiger partial charge is 0.493 e. The second-order valence-corrected chi connectivity index (χ2v) is 7.47. The van der Waals surface area contributed by atoms with Crippen molar-refractivity contribution in [3.05, 3.63) is 46.4 Å². The van der Waals surface area contributed by atoms with Crippen molar-refractivity contribution in [2.24, 2.45) is 0 Å². The van der Waals surface area contributed by atoms with Gasteiger partial charge in [-0.25, -0.2) is 4.98 Å². The minimum Gasteiger partial charge on any atom is -0.493 e. The number of carbonyl (C=O) groups is 1. The highest BCUT2D eigenvalue weighted by atomic mass is 32.1. The Labute approximate surface area is 146 Å². The first-order valence-electron chi connectivity index (χ1n) is 8.73. The number of ether oxygens (including phenoxy) is 1. The highest BCUT2D eigenvalue weighted by Gasteiger charge is 2.32. The maximum atomic E-state index is 13.0. The van der Waals surface area contributed by atoms with E-state index in [4.69, 9.17) is 4.74 Å². The highest BCUT2D eigenvalue weighted by molar-refractivity contribution is 7.09. The van der Waals surface area contributed by atoms with Crippen LogP contribution in [0.5, 0.6) is 5.75 Å². The van der Waals surface area contributed by atoms with E-state index < -0.39 is 0 Å². The Balaban J connectivity index is 1.51. The number of thiazole rings is 1. The minimum absolute atomic E-state index is 0.168. The molecule has 0 bridgehead atoms. The summed E-state index contributed by atoms with van der Waals surface area (Å²) in [5.74, 6) is 1.47. The molecule has 0 radical (unpaired) electrons. The van der Waals surface area contributed by atoms with Gasteiger partial charge in [-0.3, -0.25) is 4.79 Å². The number of hydrogen-bond donors (Lipinski definition) is 0. The van der Waals surface area contributed by atoms with Gasteiger partial charge < -0.3 is 9.64 Å². The third-order valence-corrected chi connectivity index (χ3v) is 5.94. The molecule has 0 N–H and O–H groups in total. The molecule has 0 aliphatic carbocycles. The summed E-state index contributed by atoms with van der Waals surface area (Å²) >= 11 is 1.66. The predicted molar refractivity (Wildman–Crippen MR) is 94.3 cm³/mol. The molecule has 5 heteroatoms. The van der Waals surface area contributed by atoms with Crippen LogP contribution in [0.3, 0.4) is 0 Å². The molecule has 1 aromatic heterocycles. The first-order chi connectivity index (χ1) is 11.8. The van der Waals surface area contributed by atoms with E-state index in [9.17, 15) is 4.79 Å². The fraction of sp³-hybridized carbons (Fsp3) is 0.474. The summed E-state index contributed by atoms with van der Waals surface area (Å²) in [5, 5.41) is 3.08. The second-order valence-electron chi connectivity index (χ2n) is 6.55. The Morgan fingerprint density at radius 1 is 1.29 bits per heavy atom. The highest BCUT2D eigenvalue weighted by Crippen LogP contribution is 2.38. The predicted octanol–water partition coefficient (Wildman–Crippen LogP) is 4.15. The van der Waals surface area contributed by atoms with Crippen molar-refractivity contribution in [1.82, 2.24) is 9.88 Å². The van der Waals surface area contributed by atoms with Gasteiger partial charge in [0.2, 0.25) is 5.91 Å². The summed E-state index contributed by atoms with van der Waals surface area (Å²) < 4.78 is 5.73. The molecule has 1 aromatic carbocycles. The molecule has 0 unspecified atom stereocenters. The number of nitrogens with zero attached hydrogens (tertiary/aromatic N) is 2.